The van der Waals surface area contributed by atoms with Gasteiger partial charge in [0.2, 0.25) is 5.72 Å². The van der Waals surface area contributed by atoms with E-state index < -0.39 is 5.72 Å². The lowest BCUT2D eigenvalue weighted by Crippen LogP contribution is -2.37. The Morgan fingerprint density at radius 1 is 1.17 bits per heavy atom. The minimum Gasteiger partial charge on any atom is -0.364 e. The highest BCUT2D eigenvalue weighted by Gasteiger charge is 2.51. The monoisotopic (exact) mass is 392 g/mol. The smallest absolute Gasteiger partial charge is 0.210 e. The Morgan fingerprint density at radius 3 is 2.57 bits per heavy atom. The number of benzene rings is 2. The lowest BCUT2D eigenvalue weighted by Gasteiger charge is -2.33. The maximum Gasteiger partial charge on any atom is 0.210 e. The molecule has 0 bridgehead atoms. The molecule has 0 aromatic heterocycles. The Bertz CT molecular complexity index is 765. The van der Waals surface area contributed by atoms with E-state index >= 15 is 0 Å². The third-order valence-electron chi connectivity index (χ3n) is 4.22. The summed E-state index contributed by atoms with van der Waals surface area (Å²) < 4.78 is 14.2. The summed E-state index contributed by atoms with van der Waals surface area (Å²) in [7, 11) is 0. The number of nitrogens with zero attached hydrogens (tertiary/aromatic N) is 2. The van der Waals surface area contributed by atoms with Crippen molar-refractivity contribution in [3.63, 3.8) is 0 Å². The molecule has 3 nitrogen and oxygen atoms in total. The molecule has 23 heavy (non-hydrogen) atoms. The van der Waals surface area contributed by atoms with Crippen molar-refractivity contribution in [3.05, 3.63) is 69.9 Å². The summed E-state index contributed by atoms with van der Waals surface area (Å²) in [4.78, 5) is 6.73. The van der Waals surface area contributed by atoms with Gasteiger partial charge in [-0.25, -0.2) is 9.38 Å². The van der Waals surface area contributed by atoms with E-state index in [0.717, 1.165) is 27.5 Å². The van der Waals surface area contributed by atoms with Crippen molar-refractivity contribution < 1.29 is 9.50 Å². The fourth-order valence-electron chi connectivity index (χ4n) is 3.15. The van der Waals surface area contributed by atoms with Crippen molar-refractivity contribution in [2.75, 3.05) is 12.3 Å². The zero-order chi connectivity index (χ0) is 16.0. The second-order valence-corrected chi connectivity index (χ2v) is 7.60. The third-order valence-corrected chi connectivity index (χ3v) is 5.72. The van der Waals surface area contributed by atoms with Crippen LogP contribution in [0.15, 0.2) is 58.0 Å². The van der Waals surface area contributed by atoms with Crippen LogP contribution in [0.5, 0.6) is 0 Å². The van der Waals surface area contributed by atoms with Gasteiger partial charge in [0.05, 0.1) is 0 Å². The number of halogens is 2. The largest absolute Gasteiger partial charge is 0.364 e. The van der Waals surface area contributed by atoms with Gasteiger partial charge in [-0.15, -0.1) is 0 Å². The van der Waals surface area contributed by atoms with Gasteiger partial charge in [-0.1, -0.05) is 52.0 Å². The SMILES string of the molecule is OC1(c2ccc(F)cc2)N=C2SCCN2C1c1ccc(Br)cc1. The highest BCUT2D eigenvalue weighted by molar-refractivity contribution is 9.10. The van der Waals surface area contributed by atoms with E-state index in [-0.39, 0.29) is 11.9 Å². The van der Waals surface area contributed by atoms with Gasteiger partial charge in [0.1, 0.15) is 11.9 Å². The molecule has 1 saturated heterocycles. The van der Waals surface area contributed by atoms with Gasteiger partial charge in [-0.05, 0) is 29.8 Å². The molecule has 2 atom stereocenters. The van der Waals surface area contributed by atoms with Crippen molar-refractivity contribution in [2.45, 2.75) is 11.8 Å². The van der Waals surface area contributed by atoms with Gasteiger partial charge < -0.3 is 10.0 Å². The molecule has 6 heteroatoms. The van der Waals surface area contributed by atoms with Gasteiger partial charge in [0.15, 0.2) is 5.17 Å². The van der Waals surface area contributed by atoms with Crippen LogP contribution in [0.4, 0.5) is 4.39 Å². The van der Waals surface area contributed by atoms with Crippen LogP contribution in [0.1, 0.15) is 17.2 Å². The lowest BCUT2D eigenvalue weighted by atomic mass is 9.90. The Hall–Kier alpha value is -1.37. The average molecular weight is 393 g/mol. The van der Waals surface area contributed by atoms with Crippen molar-refractivity contribution >= 4 is 32.9 Å². The first kappa shape index (κ1) is 15.2. The second-order valence-electron chi connectivity index (χ2n) is 5.62. The topological polar surface area (TPSA) is 35.8 Å². The van der Waals surface area contributed by atoms with Crippen molar-refractivity contribution in [1.29, 1.82) is 0 Å². The molecular formula is C17H14BrFN2OS. The van der Waals surface area contributed by atoms with Crippen LogP contribution < -0.4 is 0 Å². The van der Waals surface area contributed by atoms with Crippen LogP contribution in [-0.2, 0) is 5.72 Å². The lowest BCUT2D eigenvalue weighted by molar-refractivity contribution is -0.00599. The van der Waals surface area contributed by atoms with E-state index in [1.165, 1.54) is 12.1 Å². The number of aliphatic imine (C=N–C) groups is 1. The number of hydrogen-bond acceptors (Lipinski definition) is 4. The van der Waals surface area contributed by atoms with Gasteiger partial charge in [-0.2, -0.15) is 0 Å². The van der Waals surface area contributed by atoms with Gasteiger partial charge in [0.25, 0.3) is 0 Å². The van der Waals surface area contributed by atoms with E-state index in [4.69, 9.17) is 0 Å². The molecule has 0 aliphatic carbocycles. The maximum atomic E-state index is 13.3. The van der Waals surface area contributed by atoms with Crippen LogP contribution in [-0.4, -0.2) is 27.5 Å². The molecule has 1 fully saturated rings. The summed E-state index contributed by atoms with van der Waals surface area (Å²) >= 11 is 5.09. The standard InChI is InChI=1S/C17H14BrFN2OS/c18-13-5-1-11(2-6-13)15-17(22,12-3-7-14(19)8-4-12)20-16-21(15)9-10-23-16/h1-8,15,22H,9-10H2. The number of aliphatic hydroxyl groups is 1. The van der Waals surface area contributed by atoms with Crippen LogP contribution >= 0.6 is 27.7 Å². The Kier molecular flexibility index (Phi) is 3.70. The molecule has 2 aromatic rings. The molecular weight excluding hydrogens is 379 g/mol. The van der Waals surface area contributed by atoms with Crippen LogP contribution in [0, 0.1) is 5.82 Å². The molecule has 2 heterocycles. The van der Waals surface area contributed by atoms with Crippen molar-refractivity contribution in [1.82, 2.24) is 4.90 Å². The summed E-state index contributed by atoms with van der Waals surface area (Å²) in [5, 5.41) is 12.2. The number of thioether (sulfide) groups is 1. The van der Waals surface area contributed by atoms with Crippen LogP contribution in [0.25, 0.3) is 0 Å². The predicted octanol–water partition coefficient (Wildman–Crippen LogP) is 3.89. The predicted molar refractivity (Wildman–Crippen MR) is 93.8 cm³/mol. The first-order chi connectivity index (χ1) is 11.1. The van der Waals surface area contributed by atoms with Crippen molar-refractivity contribution in [2.24, 2.45) is 4.99 Å². The van der Waals surface area contributed by atoms with Gasteiger partial charge >= 0.3 is 0 Å². The molecule has 4 rings (SSSR count). The van der Waals surface area contributed by atoms with E-state index in [9.17, 15) is 9.50 Å². The maximum absolute atomic E-state index is 13.3. The zero-order valence-corrected chi connectivity index (χ0v) is 14.5. The molecule has 2 aliphatic rings. The van der Waals surface area contributed by atoms with Crippen LogP contribution in [0.3, 0.4) is 0 Å². The van der Waals surface area contributed by atoms with Gasteiger partial charge in [-0.3, -0.25) is 0 Å². The van der Waals surface area contributed by atoms with Crippen molar-refractivity contribution in [3.8, 4) is 0 Å². The molecule has 0 radical (unpaired) electrons. The molecule has 0 amide bonds. The molecule has 2 aromatic carbocycles. The van der Waals surface area contributed by atoms with E-state index in [2.05, 4.69) is 25.8 Å². The molecule has 2 unspecified atom stereocenters. The summed E-state index contributed by atoms with van der Waals surface area (Å²) in [6.07, 6.45) is 0. The summed E-state index contributed by atoms with van der Waals surface area (Å²) in [5.74, 6) is 0.642. The summed E-state index contributed by atoms with van der Waals surface area (Å²) in [6.45, 7) is 0.841. The fourth-order valence-corrected chi connectivity index (χ4v) is 4.45. The first-order valence-electron chi connectivity index (χ1n) is 7.31. The Balaban J connectivity index is 1.83. The third kappa shape index (κ3) is 2.49. The van der Waals surface area contributed by atoms with Crippen LogP contribution in [0.2, 0.25) is 0 Å². The van der Waals surface area contributed by atoms with E-state index in [0.29, 0.717) is 5.56 Å². The zero-order valence-electron chi connectivity index (χ0n) is 12.1. The van der Waals surface area contributed by atoms with E-state index in [1.54, 1.807) is 23.9 Å². The Labute approximate surface area is 146 Å². The molecule has 0 spiro atoms. The number of hydrogen-bond donors (Lipinski definition) is 1. The Morgan fingerprint density at radius 2 is 1.87 bits per heavy atom. The average Bonchev–Trinajstić information content (AvgIpc) is 3.08. The fraction of sp³-hybridized carbons (Fsp3) is 0.235. The van der Waals surface area contributed by atoms with Gasteiger partial charge in [0, 0.05) is 22.3 Å². The number of fused-ring (bicyclic) bond motifs is 1. The highest BCUT2D eigenvalue weighted by Crippen LogP contribution is 2.49. The highest BCUT2D eigenvalue weighted by atomic mass is 79.9. The molecule has 0 saturated carbocycles. The summed E-state index contributed by atoms with van der Waals surface area (Å²) in [6, 6.07) is 13.5. The molecule has 118 valence electrons. The normalized spacial score (nSPS) is 26.3. The summed E-state index contributed by atoms with van der Waals surface area (Å²) in [5.41, 5.74) is 0.195. The molecule has 2 aliphatic heterocycles. The minimum absolute atomic E-state index is 0.300. The second kappa shape index (κ2) is 5.61. The first-order valence-corrected chi connectivity index (χ1v) is 9.09. The van der Waals surface area contributed by atoms with E-state index in [1.807, 2.05) is 24.3 Å². The number of rotatable bonds is 2. The minimum atomic E-state index is -1.40. The molecule has 1 N–H and O–H groups in total. The number of amidine groups is 1. The quantitative estimate of drug-likeness (QED) is 0.841.